The first kappa shape index (κ1) is 14.7. The van der Waals surface area contributed by atoms with E-state index in [-0.39, 0.29) is 16.7 Å². The molecule has 1 aromatic carbocycles. The van der Waals surface area contributed by atoms with Crippen LogP contribution in [0.5, 0.6) is 0 Å². The van der Waals surface area contributed by atoms with E-state index in [1.807, 2.05) is 25.1 Å². The third-order valence-corrected chi connectivity index (χ3v) is 3.43. The lowest BCUT2D eigenvalue weighted by Crippen LogP contribution is -2.22. The SMILES string of the molecule is CCNC(Cc1ccccc1[N+](=O)[O-])c1ccc(Br)o1. The molecule has 1 unspecified atom stereocenters. The smallest absolute Gasteiger partial charge is 0.272 e. The van der Waals surface area contributed by atoms with E-state index in [2.05, 4.69) is 21.2 Å². The van der Waals surface area contributed by atoms with E-state index in [4.69, 9.17) is 4.42 Å². The van der Waals surface area contributed by atoms with Gasteiger partial charge >= 0.3 is 0 Å². The largest absolute Gasteiger partial charge is 0.453 e. The Bertz CT molecular complexity index is 598. The highest BCUT2D eigenvalue weighted by molar-refractivity contribution is 9.10. The maximum absolute atomic E-state index is 11.1. The van der Waals surface area contributed by atoms with Gasteiger partial charge in [-0.2, -0.15) is 0 Å². The summed E-state index contributed by atoms with van der Waals surface area (Å²) in [6, 6.07) is 10.4. The first-order valence-corrected chi connectivity index (χ1v) is 7.12. The highest BCUT2D eigenvalue weighted by Gasteiger charge is 2.20. The fraction of sp³-hybridized carbons (Fsp3) is 0.286. The van der Waals surface area contributed by atoms with Crippen LogP contribution in [0.1, 0.15) is 24.3 Å². The molecule has 2 rings (SSSR count). The zero-order chi connectivity index (χ0) is 14.5. The number of benzene rings is 1. The summed E-state index contributed by atoms with van der Waals surface area (Å²) in [4.78, 5) is 10.7. The van der Waals surface area contributed by atoms with E-state index in [0.29, 0.717) is 16.7 Å². The van der Waals surface area contributed by atoms with Crippen molar-refractivity contribution in [1.29, 1.82) is 0 Å². The van der Waals surface area contributed by atoms with E-state index in [0.717, 1.165) is 12.3 Å². The summed E-state index contributed by atoms with van der Waals surface area (Å²) in [7, 11) is 0. The first-order valence-electron chi connectivity index (χ1n) is 6.32. The van der Waals surface area contributed by atoms with Crippen molar-refractivity contribution in [3.63, 3.8) is 0 Å². The van der Waals surface area contributed by atoms with Crippen molar-refractivity contribution < 1.29 is 9.34 Å². The molecule has 0 aliphatic carbocycles. The molecule has 0 bridgehead atoms. The molecule has 1 aromatic heterocycles. The number of nitro benzene ring substituents is 1. The quantitative estimate of drug-likeness (QED) is 0.641. The number of para-hydroxylation sites is 1. The zero-order valence-electron chi connectivity index (χ0n) is 11.0. The van der Waals surface area contributed by atoms with E-state index in [9.17, 15) is 10.1 Å². The third-order valence-electron chi connectivity index (χ3n) is 3.00. The third kappa shape index (κ3) is 3.46. The molecule has 0 amide bonds. The second-order valence-electron chi connectivity index (χ2n) is 4.34. The van der Waals surface area contributed by atoms with Crippen LogP contribution in [0.15, 0.2) is 45.5 Å². The molecule has 5 nitrogen and oxygen atoms in total. The van der Waals surface area contributed by atoms with Crippen LogP contribution in [0.3, 0.4) is 0 Å². The first-order chi connectivity index (χ1) is 9.61. The van der Waals surface area contributed by atoms with Gasteiger partial charge in [-0.25, -0.2) is 0 Å². The number of nitrogens with zero attached hydrogens (tertiary/aromatic N) is 1. The van der Waals surface area contributed by atoms with Gasteiger partial charge in [-0.05, 0) is 34.6 Å². The van der Waals surface area contributed by atoms with Crippen LogP contribution in [-0.2, 0) is 6.42 Å². The number of nitro groups is 1. The summed E-state index contributed by atoms with van der Waals surface area (Å²) in [6.45, 7) is 2.74. The highest BCUT2D eigenvalue weighted by Crippen LogP contribution is 2.27. The molecule has 1 atom stereocenters. The van der Waals surface area contributed by atoms with E-state index >= 15 is 0 Å². The van der Waals surface area contributed by atoms with Crippen molar-refractivity contribution >= 4 is 21.6 Å². The van der Waals surface area contributed by atoms with Gasteiger partial charge in [0, 0.05) is 18.1 Å². The Morgan fingerprint density at radius 1 is 1.35 bits per heavy atom. The Morgan fingerprint density at radius 3 is 2.70 bits per heavy atom. The lowest BCUT2D eigenvalue weighted by Gasteiger charge is -2.15. The number of likely N-dealkylation sites (N-methyl/N-ethyl adjacent to an activating group) is 1. The van der Waals surface area contributed by atoms with Gasteiger partial charge in [0.2, 0.25) is 0 Å². The second-order valence-corrected chi connectivity index (χ2v) is 5.12. The Morgan fingerprint density at radius 2 is 2.10 bits per heavy atom. The number of nitrogens with one attached hydrogen (secondary N) is 1. The van der Waals surface area contributed by atoms with Gasteiger partial charge in [0.05, 0.1) is 11.0 Å². The Hall–Kier alpha value is -1.66. The zero-order valence-corrected chi connectivity index (χ0v) is 12.6. The maximum atomic E-state index is 11.1. The number of rotatable bonds is 6. The van der Waals surface area contributed by atoms with Gasteiger partial charge in [0.25, 0.3) is 5.69 Å². The summed E-state index contributed by atoms with van der Waals surface area (Å²) in [5.74, 6) is 0.761. The fourth-order valence-corrected chi connectivity index (χ4v) is 2.44. The predicted molar refractivity (Wildman–Crippen MR) is 79.6 cm³/mol. The molecule has 1 N–H and O–H groups in total. The average molecular weight is 339 g/mol. The van der Waals surface area contributed by atoms with Crippen LogP contribution in [-0.4, -0.2) is 11.5 Å². The van der Waals surface area contributed by atoms with E-state index in [1.165, 1.54) is 6.07 Å². The van der Waals surface area contributed by atoms with Crippen LogP contribution in [0, 0.1) is 10.1 Å². The van der Waals surface area contributed by atoms with Crippen molar-refractivity contribution in [1.82, 2.24) is 5.32 Å². The summed E-state index contributed by atoms with van der Waals surface area (Å²) < 4.78 is 6.21. The molecule has 1 heterocycles. The van der Waals surface area contributed by atoms with Gasteiger partial charge in [0.1, 0.15) is 5.76 Å². The summed E-state index contributed by atoms with van der Waals surface area (Å²) in [5, 5.41) is 14.3. The number of hydrogen-bond acceptors (Lipinski definition) is 4. The monoisotopic (exact) mass is 338 g/mol. The maximum Gasteiger partial charge on any atom is 0.272 e. The van der Waals surface area contributed by atoms with Crippen molar-refractivity contribution in [3.8, 4) is 0 Å². The topological polar surface area (TPSA) is 68.3 Å². The summed E-state index contributed by atoms with van der Waals surface area (Å²) in [6.07, 6.45) is 0.505. The molecule has 0 spiro atoms. The van der Waals surface area contributed by atoms with E-state index in [1.54, 1.807) is 12.1 Å². The molecular weight excluding hydrogens is 324 g/mol. The molecular formula is C14H15BrN2O3. The number of halogens is 1. The van der Waals surface area contributed by atoms with Crippen LogP contribution in [0.2, 0.25) is 0 Å². The minimum Gasteiger partial charge on any atom is -0.453 e. The minimum absolute atomic E-state index is 0.0904. The molecule has 20 heavy (non-hydrogen) atoms. The Balaban J connectivity index is 2.27. The molecule has 0 radical (unpaired) electrons. The van der Waals surface area contributed by atoms with Crippen LogP contribution in [0.25, 0.3) is 0 Å². The molecule has 6 heteroatoms. The van der Waals surface area contributed by atoms with Crippen LogP contribution in [0.4, 0.5) is 5.69 Å². The van der Waals surface area contributed by atoms with Crippen LogP contribution >= 0.6 is 15.9 Å². The summed E-state index contributed by atoms with van der Waals surface area (Å²) in [5.41, 5.74) is 0.831. The van der Waals surface area contributed by atoms with Crippen molar-refractivity contribution in [2.24, 2.45) is 0 Å². The normalized spacial score (nSPS) is 12.3. The average Bonchev–Trinajstić information content (AvgIpc) is 2.85. The number of furan rings is 1. The van der Waals surface area contributed by atoms with Gasteiger partial charge in [-0.15, -0.1) is 0 Å². The van der Waals surface area contributed by atoms with Crippen molar-refractivity contribution in [3.05, 3.63) is 62.5 Å². The molecule has 106 valence electrons. The molecule has 0 saturated carbocycles. The highest BCUT2D eigenvalue weighted by atomic mass is 79.9. The summed E-state index contributed by atoms with van der Waals surface area (Å²) >= 11 is 3.27. The Labute approximate surface area is 125 Å². The number of hydrogen-bond donors (Lipinski definition) is 1. The molecule has 2 aromatic rings. The van der Waals surface area contributed by atoms with E-state index < -0.39 is 0 Å². The van der Waals surface area contributed by atoms with Gasteiger partial charge in [-0.3, -0.25) is 10.1 Å². The second kappa shape index (κ2) is 6.67. The molecule has 0 saturated heterocycles. The predicted octanol–water partition coefficient (Wildman–Crippen LogP) is 3.84. The van der Waals surface area contributed by atoms with Crippen LogP contribution < -0.4 is 5.32 Å². The lowest BCUT2D eigenvalue weighted by molar-refractivity contribution is -0.385. The lowest BCUT2D eigenvalue weighted by atomic mass is 10.0. The molecule has 0 aliphatic rings. The van der Waals surface area contributed by atoms with Crippen molar-refractivity contribution in [2.45, 2.75) is 19.4 Å². The standard InChI is InChI=1S/C14H15BrN2O3/c1-2-16-11(13-7-8-14(15)20-13)9-10-5-3-4-6-12(10)17(18)19/h3-8,11,16H,2,9H2,1H3. The minimum atomic E-state index is -0.351. The fourth-order valence-electron chi connectivity index (χ4n) is 2.12. The Kier molecular flexibility index (Phi) is 4.92. The van der Waals surface area contributed by atoms with Crippen molar-refractivity contribution in [2.75, 3.05) is 6.54 Å². The molecule has 0 aliphatic heterocycles. The van der Waals surface area contributed by atoms with Gasteiger partial charge in [-0.1, -0.05) is 25.1 Å². The van der Waals surface area contributed by atoms with Gasteiger partial charge < -0.3 is 9.73 Å². The molecule has 0 fully saturated rings. The van der Waals surface area contributed by atoms with Gasteiger partial charge in [0.15, 0.2) is 4.67 Å².